The summed E-state index contributed by atoms with van der Waals surface area (Å²) < 4.78 is -0.202. The largest absolute Gasteiger partial charge is 0.351 e. The second-order valence-electron chi connectivity index (χ2n) is 3.98. The number of amides is 1. The number of halogens is 2. The highest BCUT2D eigenvalue weighted by atomic mass is 79.9. The lowest BCUT2D eigenvalue weighted by atomic mass is 10.1. The van der Waals surface area contributed by atoms with Crippen molar-refractivity contribution < 1.29 is 4.79 Å². The van der Waals surface area contributed by atoms with Crippen molar-refractivity contribution in [1.29, 1.82) is 0 Å². The molecule has 0 unspecified atom stereocenters. The Morgan fingerprint density at radius 1 is 1.67 bits per heavy atom. The molecular formula is C10H11Br2NOS. The van der Waals surface area contributed by atoms with Crippen LogP contribution in [0.4, 0.5) is 0 Å². The monoisotopic (exact) mass is 351 g/mol. The van der Waals surface area contributed by atoms with E-state index in [0.29, 0.717) is 6.54 Å². The van der Waals surface area contributed by atoms with Gasteiger partial charge in [0.15, 0.2) is 0 Å². The van der Waals surface area contributed by atoms with Gasteiger partial charge in [-0.1, -0.05) is 37.9 Å². The van der Waals surface area contributed by atoms with Crippen LogP contribution >= 0.6 is 43.2 Å². The number of hydrogen-bond donors (Lipinski definition) is 1. The minimum Gasteiger partial charge on any atom is -0.351 e. The summed E-state index contributed by atoms with van der Waals surface area (Å²) in [4.78, 5) is 13.1. The average Bonchev–Trinajstić information content (AvgIpc) is 2.57. The van der Waals surface area contributed by atoms with Gasteiger partial charge in [-0.2, -0.15) is 0 Å². The Balaban J connectivity index is 1.89. The molecule has 0 spiro atoms. The molecule has 0 bridgehead atoms. The van der Waals surface area contributed by atoms with Crippen LogP contribution in [-0.2, 0) is 11.3 Å². The third kappa shape index (κ3) is 2.15. The fourth-order valence-electron chi connectivity index (χ4n) is 1.42. The molecule has 1 aromatic heterocycles. The Kier molecular flexibility index (Phi) is 2.99. The first-order valence-electron chi connectivity index (χ1n) is 4.64. The van der Waals surface area contributed by atoms with Crippen molar-refractivity contribution in [3.05, 3.63) is 22.4 Å². The maximum absolute atomic E-state index is 11.9. The highest BCUT2D eigenvalue weighted by molar-refractivity contribution is 9.25. The molecule has 15 heavy (non-hydrogen) atoms. The van der Waals surface area contributed by atoms with Gasteiger partial charge in [-0.15, -0.1) is 11.3 Å². The van der Waals surface area contributed by atoms with E-state index in [1.165, 1.54) is 4.88 Å². The Morgan fingerprint density at radius 2 is 2.33 bits per heavy atom. The van der Waals surface area contributed by atoms with Crippen LogP contribution in [0.5, 0.6) is 0 Å². The van der Waals surface area contributed by atoms with Gasteiger partial charge < -0.3 is 5.32 Å². The molecule has 1 N–H and O–H groups in total. The Morgan fingerprint density at radius 3 is 2.80 bits per heavy atom. The molecule has 1 aliphatic carbocycles. The van der Waals surface area contributed by atoms with Crippen LogP contribution in [0.25, 0.3) is 0 Å². The molecule has 0 radical (unpaired) electrons. The lowest BCUT2D eigenvalue weighted by molar-refractivity contribution is -0.125. The van der Waals surface area contributed by atoms with Gasteiger partial charge >= 0.3 is 0 Å². The molecule has 1 saturated carbocycles. The van der Waals surface area contributed by atoms with E-state index in [1.54, 1.807) is 11.3 Å². The predicted octanol–water partition coefficient (Wildman–Crippen LogP) is 3.26. The van der Waals surface area contributed by atoms with E-state index in [0.717, 1.165) is 6.42 Å². The minimum atomic E-state index is -0.315. The van der Waals surface area contributed by atoms with Gasteiger partial charge in [-0.3, -0.25) is 4.79 Å². The maximum Gasteiger partial charge on any atom is 0.228 e. The molecular weight excluding hydrogens is 342 g/mol. The van der Waals surface area contributed by atoms with E-state index >= 15 is 0 Å². The van der Waals surface area contributed by atoms with E-state index in [1.807, 2.05) is 24.4 Å². The zero-order valence-corrected chi connectivity index (χ0v) is 12.2. The maximum atomic E-state index is 11.9. The third-order valence-corrected chi connectivity index (χ3v) is 5.95. The van der Waals surface area contributed by atoms with Crippen LogP contribution in [0.3, 0.4) is 0 Å². The van der Waals surface area contributed by atoms with E-state index in [4.69, 9.17) is 0 Å². The summed E-state index contributed by atoms with van der Waals surface area (Å²) in [6, 6.07) is 4.01. The van der Waals surface area contributed by atoms with E-state index in [-0.39, 0.29) is 14.6 Å². The molecule has 2 rings (SSSR count). The quantitative estimate of drug-likeness (QED) is 0.831. The first-order chi connectivity index (χ1) is 6.96. The van der Waals surface area contributed by atoms with Crippen molar-refractivity contribution in [2.45, 2.75) is 23.1 Å². The highest BCUT2D eigenvalue weighted by Crippen LogP contribution is 2.66. The van der Waals surface area contributed by atoms with Crippen molar-refractivity contribution in [2.75, 3.05) is 0 Å². The van der Waals surface area contributed by atoms with Crippen LogP contribution < -0.4 is 5.32 Å². The second kappa shape index (κ2) is 3.86. The third-order valence-electron chi connectivity index (χ3n) is 2.76. The lowest BCUT2D eigenvalue weighted by Crippen LogP contribution is -2.32. The summed E-state index contributed by atoms with van der Waals surface area (Å²) in [5.74, 6) is 0.102. The molecule has 0 aromatic carbocycles. The van der Waals surface area contributed by atoms with Gasteiger partial charge in [0.25, 0.3) is 0 Å². The van der Waals surface area contributed by atoms with Gasteiger partial charge in [-0.25, -0.2) is 0 Å². The zero-order valence-electron chi connectivity index (χ0n) is 8.22. The molecule has 1 amide bonds. The normalized spacial score (nSPS) is 27.4. The topological polar surface area (TPSA) is 29.1 Å². The van der Waals surface area contributed by atoms with Gasteiger partial charge in [0.05, 0.1) is 15.2 Å². The number of carbonyl (C=O) groups is 1. The second-order valence-corrected chi connectivity index (χ2v) is 8.78. The molecule has 0 saturated heterocycles. The van der Waals surface area contributed by atoms with Crippen molar-refractivity contribution >= 4 is 49.1 Å². The summed E-state index contributed by atoms with van der Waals surface area (Å²) >= 11 is 8.63. The van der Waals surface area contributed by atoms with E-state index in [2.05, 4.69) is 37.2 Å². The number of nitrogens with one attached hydrogen (secondary N) is 1. The SMILES string of the molecule is C[C@]1(C(=O)NCc2cccs2)CC1(Br)Br. The Bertz CT molecular complexity index is 377. The fourth-order valence-corrected chi connectivity index (χ4v) is 3.55. The number of hydrogen-bond acceptors (Lipinski definition) is 2. The van der Waals surface area contributed by atoms with Gasteiger partial charge in [0, 0.05) is 4.88 Å². The molecule has 1 atom stereocenters. The fraction of sp³-hybridized carbons (Fsp3) is 0.500. The zero-order chi connectivity index (χ0) is 11.1. The van der Waals surface area contributed by atoms with Crippen LogP contribution in [0.1, 0.15) is 18.2 Å². The Hall–Kier alpha value is 0.130. The Labute approximate surface area is 110 Å². The first kappa shape index (κ1) is 11.6. The van der Waals surface area contributed by atoms with Gasteiger partial charge in [0.1, 0.15) is 0 Å². The van der Waals surface area contributed by atoms with Crippen molar-refractivity contribution in [1.82, 2.24) is 5.32 Å². The number of thiophene rings is 1. The van der Waals surface area contributed by atoms with Crippen molar-refractivity contribution in [2.24, 2.45) is 5.41 Å². The van der Waals surface area contributed by atoms with Crippen LogP contribution in [0, 0.1) is 5.41 Å². The van der Waals surface area contributed by atoms with Gasteiger partial charge in [0.2, 0.25) is 5.91 Å². The smallest absolute Gasteiger partial charge is 0.228 e. The summed E-state index contributed by atoms with van der Waals surface area (Å²) in [5, 5.41) is 4.97. The summed E-state index contributed by atoms with van der Waals surface area (Å²) in [6.07, 6.45) is 0.830. The highest BCUT2D eigenvalue weighted by Gasteiger charge is 2.66. The summed E-state index contributed by atoms with van der Waals surface area (Å²) in [7, 11) is 0. The average molecular weight is 353 g/mol. The summed E-state index contributed by atoms with van der Waals surface area (Å²) in [6.45, 7) is 2.59. The molecule has 82 valence electrons. The summed E-state index contributed by atoms with van der Waals surface area (Å²) in [5.41, 5.74) is -0.315. The standard InChI is InChI=1S/C10H11Br2NOS/c1-9(6-10(9,11)12)8(14)13-5-7-3-2-4-15-7/h2-4H,5-6H2,1H3,(H,13,14)/t9-/m1/s1. The molecule has 1 aliphatic rings. The van der Waals surface area contributed by atoms with Crippen LogP contribution in [-0.4, -0.2) is 9.14 Å². The van der Waals surface area contributed by atoms with E-state index in [9.17, 15) is 4.79 Å². The molecule has 1 aromatic rings. The number of rotatable bonds is 3. The van der Waals surface area contributed by atoms with Gasteiger partial charge in [-0.05, 0) is 24.8 Å². The number of carbonyl (C=O) groups excluding carboxylic acids is 1. The molecule has 0 aliphatic heterocycles. The molecule has 1 fully saturated rings. The lowest BCUT2D eigenvalue weighted by Gasteiger charge is -2.12. The predicted molar refractivity (Wildman–Crippen MR) is 69.5 cm³/mol. The van der Waals surface area contributed by atoms with Crippen LogP contribution in [0.2, 0.25) is 0 Å². The van der Waals surface area contributed by atoms with Crippen molar-refractivity contribution in [3.8, 4) is 0 Å². The first-order valence-corrected chi connectivity index (χ1v) is 7.11. The van der Waals surface area contributed by atoms with E-state index < -0.39 is 0 Å². The number of alkyl halides is 2. The molecule has 2 nitrogen and oxygen atoms in total. The molecule has 5 heteroatoms. The molecule has 1 heterocycles. The van der Waals surface area contributed by atoms with Crippen LogP contribution in [0.15, 0.2) is 17.5 Å². The minimum absolute atomic E-state index is 0.102. The van der Waals surface area contributed by atoms with Crippen molar-refractivity contribution in [3.63, 3.8) is 0 Å².